The van der Waals surface area contributed by atoms with Gasteiger partial charge in [0.25, 0.3) is 10.0 Å². The summed E-state index contributed by atoms with van der Waals surface area (Å²) in [5.41, 5.74) is 0. The molecular formula is C11H14BrN3O2S2. The zero-order valence-electron chi connectivity index (χ0n) is 10.2. The van der Waals surface area contributed by atoms with E-state index in [0.29, 0.717) is 15.2 Å². The lowest BCUT2D eigenvalue weighted by Gasteiger charge is -2.30. The Morgan fingerprint density at radius 3 is 2.74 bits per heavy atom. The first-order valence-electron chi connectivity index (χ1n) is 5.87. The number of halogens is 1. The van der Waals surface area contributed by atoms with E-state index in [4.69, 9.17) is 5.26 Å². The minimum Gasteiger partial charge on any atom is -0.290 e. The van der Waals surface area contributed by atoms with Gasteiger partial charge in [0.2, 0.25) is 0 Å². The Labute approximate surface area is 125 Å². The molecule has 0 spiro atoms. The van der Waals surface area contributed by atoms with Crippen molar-refractivity contribution in [3.8, 4) is 6.07 Å². The number of piperidine rings is 1. The number of sulfonamides is 1. The van der Waals surface area contributed by atoms with Crippen molar-refractivity contribution in [2.45, 2.75) is 23.1 Å². The molecule has 0 radical (unpaired) electrons. The lowest BCUT2D eigenvalue weighted by Crippen LogP contribution is -2.44. The van der Waals surface area contributed by atoms with Crippen LogP contribution in [0.25, 0.3) is 0 Å². The number of likely N-dealkylation sites (tertiary alicyclic amines) is 1. The Balaban J connectivity index is 1.96. The zero-order valence-corrected chi connectivity index (χ0v) is 13.4. The topological polar surface area (TPSA) is 73.2 Å². The van der Waals surface area contributed by atoms with Crippen LogP contribution < -0.4 is 4.72 Å². The van der Waals surface area contributed by atoms with E-state index < -0.39 is 10.0 Å². The molecule has 0 unspecified atom stereocenters. The van der Waals surface area contributed by atoms with Crippen molar-refractivity contribution in [2.75, 3.05) is 19.6 Å². The lowest BCUT2D eigenvalue weighted by molar-refractivity contribution is 0.229. The van der Waals surface area contributed by atoms with E-state index in [9.17, 15) is 8.42 Å². The third-order valence-corrected chi connectivity index (χ3v) is 7.22. The molecule has 2 heterocycles. The maximum atomic E-state index is 12.2. The molecule has 19 heavy (non-hydrogen) atoms. The van der Waals surface area contributed by atoms with Crippen LogP contribution in [-0.2, 0) is 10.0 Å². The third-order valence-electron chi connectivity index (χ3n) is 3.03. The van der Waals surface area contributed by atoms with Gasteiger partial charge in [-0.05, 0) is 40.2 Å². The van der Waals surface area contributed by atoms with Crippen molar-refractivity contribution < 1.29 is 8.42 Å². The predicted molar refractivity (Wildman–Crippen MR) is 77.4 cm³/mol. The van der Waals surface area contributed by atoms with Crippen LogP contribution in [-0.4, -0.2) is 39.0 Å². The van der Waals surface area contributed by atoms with Gasteiger partial charge in [-0.1, -0.05) is 0 Å². The van der Waals surface area contributed by atoms with Crippen LogP contribution in [0.3, 0.4) is 0 Å². The monoisotopic (exact) mass is 363 g/mol. The number of nitrogens with one attached hydrogen (secondary N) is 1. The molecule has 1 aromatic rings. The molecule has 5 nitrogen and oxygen atoms in total. The molecule has 0 bridgehead atoms. The summed E-state index contributed by atoms with van der Waals surface area (Å²) in [7, 11) is -3.44. The fourth-order valence-corrected chi connectivity index (χ4v) is 5.71. The Morgan fingerprint density at radius 2 is 2.21 bits per heavy atom. The van der Waals surface area contributed by atoms with Crippen LogP contribution in [0.15, 0.2) is 20.1 Å². The highest BCUT2D eigenvalue weighted by Gasteiger charge is 2.26. The van der Waals surface area contributed by atoms with Crippen molar-refractivity contribution in [3.05, 3.63) is 15.9 Å². The van der Waals surface area contributed by atoms with Gasteiger partial charge in [0.15, 0.2) is 0 Å². The molecule has 1 fully saturated rings. The summed E-state index contributed by atoms with van der Waals surface area (Å²) in [6.07, 6.45) is 1.48. The van der Waals surface area contributed by atoms with Gasteiger partial charge in [-0.15, -0.1) is 11.3 Å². The summed E-state index contributed by atoms with van der Waals surface area (Å²) in [6, 6.07) is 3.80. The van der Waals surface area contributed by atoms with Gasteiger partial charge >= 0.3 is 0 Å². The summed E-state index contributed by atoms with van der Waals surface area (Å²) < 4.78 is 28.1. The first-order chi connectivity index (χ1) is 9.03. The standard InChI is InChI=1S/C11H14BrN3O2S2/c12-10-3-8-18-11(10)19(16,17)14-9-1-5-15(6-2-9)7-4-13/h3,8-9,14H,1-2,5-7H2. The number of thiophene rings is 1. The predicted octanol–water partition coefficient (Wildman–Crippen LogP) is 1.78. The number of nitrogens with zero attached hydrogens (tertiary/aromatic N) is 2. The van der Waals surface area contributed by atoms with Gasteiger partial charge in [-0.2, -0.15) is 5.26 Å². The largest absolute Gasteiger partial charge is 0.290 e. The third kappa shape index (κ3) is 3.77. The van der Waals surface area contributed by atoms with E-state index in [-0.39, 0.29) is 6.04 Å². The Hall–Kier alpha value is -0.460. The van der Waals surface area contributed by atoms with Crippen LogP contribution in [0, 0.1) is 11.3 Å². The maximum absolute atomic E-state index is 12.2. The highest BCUT2D eigenvalue weighted by molar-refractivity contribution is 9.10. The van der Waals surface area contributed by atoms with Crippen molar-refractivity contribution in [3.63, 3.8) is 0 Å². The number of hydrogen-bond donors (Lipinski definition) is 1. The van der Waals surface area contributed by atoms with Gasteiger partial charge in [-0.25, -0.2) is 13.1 Å². The van der Waals surface area contributed by atoms with Gasteiger partial charge in [0.05, 0.1) is 12.6 Å². The molecule has 0 saturated carbocycles. The van der Waals surface area contributed by atoms with Crippen LogP contribution >= 0.6 is 27.3 Å². The van der Waals surface area contributed by atoms with Gasteiger partial charge in [0.1, 0.15) is 4.21 Å². The van der Waals surface area contributed by atoms with Crippen molar-refractivity contribution >= 4 is 37.3 Å². The van der Waals surface area contributed by atoms with E-state index in [1.165, 1.54) is 11.3 Å². The average molecular weight is 364 g/mol. The molecule has 8 heteroatoms. The zero-order chi connectivity index (χ0) is 13.9. The van der Waals surface area contributed by atoms with E-state index in [1.807, 2.05) is 4.90 Å². The summed E-state index contributed by atoms with van der Waals surface area (Å²) in [6.45, 7) is 1.93. The summed E-state index contributed by atoms with van der Waals surface area (Å²) in [5.74, 6) is 0. The van der Waals surface area contributed by atoms with Crippen LogP contribution in [0.1, 0.15) is 12.8 Å². The summed E-state index contributed by atoms with van der Waals surface area (Å²) in [5, 5.41) is 10.4. The molecular weight excluding hydrogens is 350 g/mol. The first kappa shape index (κ1) is 14.9. The van der Waals surface area contributed by atoms with Gasteiger partial charge < -0.3 is 0 Å². The second kappa shape index (κ2) is 6.33. The molecule has 2 rings (SSSR count). The maximum Gasteiger partial charge on any atom is 0.251 e. The molecule has 1 saturated heterocycles. The molecule has 1 N–H and O–H groups in total. The smallest absolute Gasteiger partial charge is 0.251 e. The molecule has 0 atom stereocenters. The van der Waals surface area contributed by atoms with Gasteiger partial charge in [0, 0.05) is 23.6 Å². The molecule has 1 aromatic heterocycles. The van der Waals surface area contributed by atoms with Crippen LogP contribution in [0.5, 0.6) is 0 Å². The molecule has 0 aliphatic carbocycles. The second-order valence-corrected chi connectivity index (χ2v) is 8.07. The van der Waals surface area contributed by atoms with Crippen molar-refractivity contribution in [2.24, 2.45) is 0 Å². The van der Waals surface area contributed by atoms with Crippen molar-refractivity contribution in [1.82, 2.24) is 9.62 Å². The number of nitriles is 1. The van der Waals surface area contributed by atoms with E-state index >= 15 is 0 Å². The summed E-state index contributed by atoms with van der Waals surface area (Å²) in [4.78, 5) is 2.03. The lowest BCUT2D eigenvalue weighted by atomic mass is 10.1. The average Bonchev–Trinajstić information content (AvgIpc) is 2.79. The van der Waals surface area contributed by atoms with Crippen LogP contribution in [0.4, 0.5) is 0 Å². The minimum absolute atomic E-state index is 0.0473. The second-order valence-electron chi connectivity index (χ2n) is 4.39. The molecule has 0 aromatic carbocycles. The fourth-order valence-electron chi connectivity index (χ4n) is 2.05. The fraction of sp³-hybridized carbons (Fsp3) is 0.545. The highest BCUT2D eigenvalue weighted by atomic mass is 79.9. The van der Waals surface area contributed by atoms with Gasteiger partial charge in [-0.3, -0.25) is 4.90 Å². The quantitative estimate of drug-likeness (QED) is 0.827. The highest BCUT2D eigenvalue weighted by Crippen LogP contribution is 2.28. The minimum atomic E-state index is -3.44. The Kier molecular flexibility index (Phi) is 4.97. The Bertz CT molecular complexity index is 571. The molecule has 0 amide bonds. The molecule has 1 aliphatic rings. The summed E-state index contributed by atoms with van der Waals surface area (Å²) >= 11 is 4.45. The van der Waals surface area contributed by atoms with E-state index in [2.05, 4.69) is 26.7 Å². The first-order valence-corrected chi connectivity index (χ1v) is 9.03. The normalized spacial score (nSPS) is 18.3. The number of rotatable bonds is 4. The molecule has 1 aliphatic heterocycles. The van der Waals surface area contributed by atoms with Crippen LogP contribution in [0.2, 0.25) is 0 Å². The van der Waals surface area contributed by atoms with Crippen molar-refractivity contribution in [1.29, 1.82) is 5.26 Å². The van der Waals surface area contributed by atoms with E-state index in [0.717, 1.165) is 25.9 Å². The van der Waals surface area contributed by atoms with E-state index in [1.54, 1.807) is 11.4 Å². The SMILES string of the molecule is N#CCN1CCC(NS(=O)(=O)c2sccc2Br)CC1. The molecule has 104 valence electrons. The number of hydrogen-bond acceptors (Lipinski definition) is 5. The Morgan fingerprint density at radius 1 is 1.53 bits per heavy atom.